The van der Waals surface area contributed by atoms with Crippen LogP contribution in [0.25, 0.3) is 5.69 Å². The number of sulfonamides is 1. The number of hydrazone groups is 1. The van der Waals surface area contributed by atoms with Crippen LogP contribution >= 0.6 is 11.6 Å². The highest BCUT2D eigenvalue weighted by atomic mass is 35.5. The Morgan fingerprint density at radius 2 is 1.67 bits per heavy atom. The summed E-state index contributed by atoms with van der Waals surface area (Å²) in [6, 6.07) is 18.1. The molecule has 7 nitrogen and oxygen atoms in total. The lowest BCUT2D eigenvalue weighted by atomic mass is 10.2. The second-order valence-corrected chi connectivity index (χ2v) is 12.0. The fourth-order valence-electron chi connectivity index (χ4n) is 4.48. The average Bonchev–Trinajstić information content (AvgIpc) is 3.20. The third kappa shape index (κ3) is 6.52. The Balaban J connectivity index is 1.63. The number of nitrogens with zero attached hydrogens (tertiary/aromatic N) is 3. The number of hydrogen-bond donors (Lipinski definition) is 1. The summed E-state index contributed by atoms with van der Waals surface area (Å²) >= 11 is 5.75. The summed E-state index contributed by atoms with van der Waals surface area (Å²) in [6.45, 7) is 6.75. The third-order valence-electron chi connectivity index (χ3n) is 6.66. The highest BCUT2D eigenvalue weighted by Gasteiger charge is 2.35. The topological polar surface area (TPSA) is 83.8 Å². The van der Waals surface area contributed by atoms with Gasteiger partial charge in [-0.15, -0.1) is 0 Å². The summed E-state index contributed by atoms with van der Waals surface area (Å²) < 4.78 is 70.5. The molecule has 0 atom stereocenters. The Hall–Kier alpha value is -4.09. The van der Waals surface area contributed by atoms with Crippen molar-refractivity contribution in [3.8, 4) is 5.69 Å². The quantitative estimate of drug-likeness (QED) is 0.176. The Morgan fingerprint density at radius 3 is 2.31 bits per heavy atom. The minimum atomic E-state index is -4.84. The van der Waals surface area contributed by atoms with Gasteiger partial charge in [-0.3, -0.25) is 9.10 Å². The van der Waals surface area contributed by atoms with Crippen molar-refractivity contribution in [2.45, 2.75) is 38.8 Å². The predicted molar refractivity (Wildman–Crippen MR) is 158 cm³/mol. The second kappa shape index (κ2) is 12.0. The van der Waals surface area contributed by atoms with Gasteiger partial charge in [-0.25, -0.2) is 13.8 Å². The number of carbonyl (C=O) groups is 1. The van der Waals surface area contributed by atoms with Crippen LogP contribution in [0.2, 0.25) is 5.02 Å². The van der Waals surface area contributed by atoms with Crippen molar-refractivity contribution in [1.29, 1.82) is 0 Å². The molecule has 1 heterocycles. The number of alkyl halides is 3. The number of benzene rings is 3. The van der Waals surface area contributed by atoms with Crippen LogP contribution in [0.1, 0.15) is 33.6 Å². The van der Waals surface area contributed by atoms with E-state index in [1.807, 2.05) is 55.7 Å². The van der Waals surface area contributed by atoms with Crippen LogP contribution in [-0.2, 0) is 21.0 Å². The maximum Gasteiger partial charge on any atom is 0.417 e. The molecule has 3 aromatic carbocycles. The monoisotopic (exact) mass is 616 g/mol. The van der Waals surface area contributed by atoms with Crippen LogP contribution in [0.4, 0.5) is 18.9 Å². The van der Waals surface area contributed by atoms with Crippen molar-refractivity contribution in [2.24, 2.45) is 5.10 Å². The molecule has 0 bridgehead atoms. The van der Waals surface area contributed by atoms with Gasteiger partial charge in [-0.05, 0) is 75.7 Å². The molecule has 4 aromatic rings. The lowest BCUT2D eigenvalue weighted by Gasteiger charge is -2.25. The molecule has 0 saturated heterocycles. The molecule has 1 aromatic heterocycles. The summed E-state index contributed by atoms with van der Waals surface area (Å²) in [6.07, 6.45) is -3.42. The lowest BCUT2D eigenvalue weighted by Crippen LogP contribution is -2.39. The minimum absolute atomic E-state index is 0.198. The highest BCUT2D eigenvalue weighted by Crippen LogP contribution is 2.38. The maximum absolute atomic E-state index is 13.6. The third-order valence-corrected chi connectivity index (χ3v) is 8.78. The first-order valence-corrected chi connectivity index (χ1v) is 14.5. The van der Waals surface area contributed by atoms with E-state index in [0.29, 0.717) is 15.9 Å². The van der Waals surface area contributed by atoms with E-state index in [4.69, 9.17) is 11.6 Å². The minimum Gasteiger partial charge on any atom is -0.318 e. The molecule has 0 unspecified atom stereocenters. The van der Waals surface area contributed by atoms with Gasteiger partial charge in [0.05, 0.1) is 27.4 Å². The Morgan fingerprint density at radius 1 is 1.00 bits per heavy atom. The maximum atomic E-state index is 13.6. The fraction of sp³-hybridized carbons (Fsp3) is 0.200. The molecular weight excluding hydrogens is 589 g/mol. The molecule has 0 spiro atoms. The number of aryl methyl sites for hydroxylation is 3. The van der Waals surface area contributed by atoms with E-state index in [-0.39, 0.29) is 10.6 Å². The zero-order valence-electron chi connectivity index (χ0n) is 23.2. The number of aromatic nitrogens is 1. The van der Waals surface area contributed by atoms with E-state index in [9.17, 15) is 26.4 Å². The van der Waals surface area contributed by atoms with Crippen LogP contribution in [0.3, 0.4) is 0 Å². The molecule has 1 amide bonds. The predicted octanol–water partition coefficient (Wildman–Crippen LogP) is 6.73. The van der Waals surface area contributed by atoms with Crippen molar-refractivity contribution in [2.75, 3.05) is 10.8 Å². The van der Waals surface area contributed by atoms with Crippen molar-refractivity contribution < 1.29 is 26.4 Å². The van der Waals surface area contributed by atoms with Gasteiger partial charge in [0.1, 0.15) is 6.54 Å². The first kappa shape index (κ1) is 30.9. The number of hydrogen-bond acceptors (Lipinski definition) is 4. The van der Waals surface area contributed by atoms with Crippen molar-refractivity contribution >= 4 is 39.4 Å². The molecular formula is C30H28ClF3N4O3S. The molecule has 0 radical (unpaired) electrons. The zero-order chi connectivity index (χ0) is 30.8. The van der Waals surface area contributed by atoms with E-state index in [0.717, 1.165) is 40.3 Å². The van der Waals surface area contributed by atoms with Crippen molar-refractivity contribution in [3.63, 3.8) is 0 Å². The number of para-hydroxylation sites is 1. The summed E-state index contributed by atoms with van der Waals surface area (Å²) in [5, 5.41) is 3.40. The van der Waals surface area contributed by atoms with E-state index < -0.39 is 39.2 Å². The van der Waals surface area contributed by atoms with E-state index in [1.165, 1.54) is 18.3 Å². The summed E-state index contributed by atoms with van der Waals surface area (Å²) in [5.74, 6) is -0.863. The molecule has 0 fully saturated rings. The Kier molecular flexibility index (Phi) is 8.84. The van der Waals surface area contributed by atoms with Gasteiger partial charge >= 0.3 is 6.18 Å². The van der Waals surface area contributed by atoms with Crippen molar-refractivity contribution in [3.05, 3.63) is 111 Å². The number of rotatable bonds is 8. The van der Waals surface area contributed by atoms with Gasteiger partial charge in [0.25, 0.3) is 15.9 Å². The van der Waals surface area contributed by atoms with Crippen LogP contribution < -0.4 is 9.73 Å². The van der Waals surface area contributed by atoms with Gasteiger partial charge in [-0.2, -0.15) is 18.3 Å². The van der Waals surface area contributed by atoms with Gasteiger partial charge in [0.15, 0.2) is 0 Å². The SMILES string of the molecule is Cc1ccc(S(=O)(=O)N(CC(=O)N/N=C\c2cc(C)n(-c3ccccc3C)c2C)c2ccc(Cl)c(C(F)(F)F)c2)cc1. The van der Waals surface area contributed by atoms with Crippen molar-refractivity contribution in [1.82, 2.24) is 9.99 Å². The van der Waals surface area contributed by atoms with Gasteiger partial charge < -0.3 is 4.57 Å². The number of anilines is 1. The van der Waals surface area contributed by atoms with Gasteiger partial charge in [-0.1, -0.05) is 47.5 Å². The van der Waals surface area contributed by atoms with Gasteiger partial charge in [0, 0.05) is 22.6 Å². The van der Waals surface area contributed by atoms with E-state index in [2.05, 4.69) is 10.5 Å². The van der Waals surface area contributed by atoms with Crippen LogP contribution in [0.5, 0.6) is 0 Å². The smallest absolute Gasteiger partial charge is 0.318 e. The highest BCUT2D eigenvalue weighted by molar-refractivity contribution is 7.92. The molecule has 4 rings (SSSR count). The molecule has 0 aliphatic carbocycles. The second-order valence-electron chi connectivity index (χ2n) is 9.73. The zero-order valence-corrected chi connectivity index (χ0v) is 24.8. The first-order chi connectivity index (χ1) is 19.7. The number of amides is 1. The van der Waals surface area contributed by atoms with Gasteiger partial charge in [0.2, 0.25) is 0 Å². The van der Waals surface area contributed by atoms with Crippen LogP contribution in [0.15, 0.2) is 82.8 Å². The first-order valence-electron chi connectivity index (χ1n) is 12.7. The lowest BCUT2D eigenvalue weighted by molar-refractivity contribution is -0.137. The standard InChI is InChI=1S/C30H28ClF3N4O3S/c1-19-9-12-25(13-10-19)42(40,41)37(24-11-14-27(31)26(16-24)30(32,33)34)18-29(39)36-35-17-23-15-21(3)38(22(23)4)28-8-6-5-7-20(28)2/h5-17H,18H2,1-4H3,(H,36,39)/b35-17-. The summed E-state index contributed by atoms with van der Waals surface area (Å²) in [5.41, 5.74) is 6.05. The molecule has 0 saturated carbocycles. The number of halogens is 4. The molecule has 1 N–H and O–H groups in total. The van der Waals surface area contributed by atoms with E-state index in [1.54, 1.807) is 19.1 Å². The largest absolute Gasteiger partial charge is 0.417 e. The normalized spacial score (nSPS) is 12.1. The molecule has 12 heteroatoms. The number of carbonyl (C=O) groups excluding carboxylic acids is 1. The van der Waals surface area contributed by atoms with E-state index >= 15 is 0 Å². The Bertz CT molecular complexity index is 1770. The molecule has 220 valence electrons. The van der Waals surface area contributed by atoms with Crippen LogP contribution in [0, 0.1) is 27.7 Å². The summed E-state index contributed by atoms with van der Waals surface area (Å²) in [7, 11) is -4.46. The molecule has 42 heavy (non-hydrogen) atoms. The Labute approximate surface area is 247 Å². The molecule has 0 aliphatic rings. The average molecular weight is 617 g/mol. The summed E-state index contributed by atoms with van der Waals surface area (Å²) in [4.78, 5) is 12.7. The fourth-order valence-corrected chi connectivity index (χ4v) is 6.12. The molecule has 0 aliphatic heterocycles. The number of nitrogens with one attached hydrogen (secondary N) is 1. The van der Waals surface area contributed by atoms with Crippen LogP contribution in [-0.4, -0.2) is 31.7 Å².